The molecule has 10 nitrogen and oxygen atoms in total. The Balaban J connectivity index is 2.11. The first-order valence-electron chi connectivity index (χ1n) is 9.58. The number of hydrogen-bond donors (Lipinski definition) is 2. The molecular weight excluding hydrogens is 412 g/mol. The van der Waals surface area contributed by atoms with E-state index in [2.05, 4.69) is 15.8 Å². The van der Waals surface area contributed by atoms with E-state index in [4.69, 9.17) is 4.74 Å². The van der Waals surface area contributed by atoms with Crippen LogP contribution >= 0.6 is 0 Å². The summed E-state index contributed by atoms with van der Waals surface area (Å²) in [6, 6.07) is 4.56. The topological polar surface area (TPSA) is 134 Å². The van der Waals surface area contributed by atoms with E-state index in [1.54, 1.807) is 32.9 Å². The van der Waals surface area contributed by atoms with Gasteiger partial charge >= 0.3 is 5.97 Å². The fourth-order valence-corrected chi connectivity index (χ4v) is 4.51. The average Bonchev–Trinajstić information content (AvgIpc) is 2.70. The van der Waals surface area contributed by atoms with Gasteiger partial charge in [0, 0.05) is 31.6 Å². The lowest BCUT2D eigenvalue weighted by Gasteiger charge is -2.20. The third-order valence-electron chi connectivity index (χ3n) is 4.57. The number of hydrazone groups is 1. The van der Waals surface area contributed by atoms with E-state index in [0.717, 1.165) is 0 Å². The van der Waals surface area contributed by atoms with Crippen LogP contribution in [0.15, 0.2) is 28.2 Å². The van der Waals surface area contributed by atoms with Gasteiger partial charge < -0.3 is 10.1 Å². The number of aryl methyl sites for hydroxylation is 1. The first-order valence-corrected chi connectivity index (χ1v) is 11.0. The third-order valence-corrected chi connectivity index (χ3v) is 6.76. The Morgan fingerprint density at radius 1 is 1.27 bits per heavy atom. The minimum Gasteiger partial charge on any atom is -0.448 e. The van der Waals surface area contributed by atoms with Crippen molar-refractivity contribution in [3.05, 3.63) is 23.8 Å². The highest BCUT2D eigenvalue weighted by molar-refractivity contribution is 7.89. The molecule has 1 aliphatic rings. The molecule has 2 N–H and O–H groups in total. The Morgan fingerprint density at radius 3 is 2.50 bits per heavy atom. The lowest BCUT2D eigenvalue weighted by atomic mass is 10.2. The van der Waals surface area contributed by atoms with E-state index in [1.807, 2.05) is 0 Å². The summed E-state index contributed by atoms with van der Waals surface area (Å²) in [4.78, 5) is 35.7. The number of nitrogens with one attached hydrogen (secondary N) is 2. The number of anilines is 1. The SMILES string of the molecule is CCN(CC)S(=O)(=O)c1cc(NC(=O)[C@H](C)OC(=O)C2=NNC(=O)CC2)ccc1C. The molecule has 0 aliphatic carbocycles. The number of carbonyl (C=O) groups excluding carboxylic acids is 3. The van der Waals surface area contributed by atoms with E-state index in [9.17, 15) is 22.8 Å². The Morgan fingerprint density at radius 2 is 1.93 bits per heavy atom. The summed E-state index contributed by atoms with van der Waals surface area (Å²) in [6.45, 7) is 7.21. The van der Waals surface area contributed by atoms with Crippen molar-refractivity contribution >= 4 is 39.2 Å². The van der Waals surface area contributed by atoms with Gasteiger partial charge in [0.1, 0.15) is 5.71 Å². The monoisotopic (exact) mass is 438 g/mol. The summed E-state index contributed by atoms with van der Waals surface area (Å²) in [5, 5.41) is 6.19. The zero-order chi connectivity index (χ0) is 22.5. The second kappa shape index (κ2) is 9.81. The summed E-state index contributed by atoms with van der Waals surface area (Å²) in [5.41, 5.74) is 3.03. The number of hydrogen-bond acceptors (Lipinski definition) is 7. The second-order valence-electron chi connectivity index (χ2n) is 6.70. The van der Waals surface area contributed by atoms with Crippen molar-refractivity contribution in [1.29, 1.82) is 0 Å². The van der Waals surface area contributed by atoms with Gasteiger partial charge in [-0.25, -0.2) is 18.6 Å². The minimum absolute atomic E-state index is 0.0252. The van der Waals surface area contributed by atoms with Gasteiger partial charge in [0.15, 0.2) is 6.10 Å². The minimum atomic E-state index is -3.70. The zero-order valence-electron chi connectivity index (χ0n) is 17.4. The van der Waals surface area contributed by atoms with Gasteiger partial charge in [-0.05, 0) is 31.5 Å². The van der Waals surface area contributed by atoms with Crippen molar-refractivity contribution in [2.24, 2.45) is 5.10 Å². The molecule has 1 atom stereocenters. The van der Waals surface area contributed by atoms with Gasteiger partial charge in [0.25, 0.3) is 5.91 Å². The predicted octanol–water partition coefficient (Wildman–Crippen LogP) is 1.16. The maximum absolute atomic E-state index is 12.8. The van der Waals surface area contributed by atoms with Crippen LogP contribution in [0.3, 0.4) is 0 Å². The number of carbonyl (C=O) groups is 3. The molecule has 2 amide bonds. The first-order chi connectivity index (χ1) is 14.1. The summed E-state index contributed by atoms with van der Waals surface area (Å²) in [6.07, 6.45) is -0.910. The van der Waals surface area contributed by atoms with Gasteiger partial charge in [-0.2, -0.15) is 9.41 Å². The van der Waals surface area contributed by atoms with Crippen molar-refractivity contribution in [2.45, 2.75) is 51.5 Å². The first kappa shape index (κ1) is 23.5. The van der Waals surface area contributed by atoms with Gasteiger partial charge in [0.05, 0.1) is 4.90 Å². The van der Waals surface area contributed by atoms with Crippen LogP contribution in [0.1, 0.15) is 39.2 Å². The van der Waals surface area contributed by atoms with Crippen LogP contribution in [0.5, 0.6) is 0 Å². The highest BCUT2D eigenvalue weighted by Gasteiger charge is 2.26. The van der Waals surface area contributed by atoms with E-state index >= 15 is 0 Å². The maximum Gasteiger partial charge on any atom is 0.355 e. The van der Waals surface area contributed by atoms with E-state index in [-0.39, 0.29) is 35.0 Å². The third kappa shape index (κ3) is 5.42. The van der Waals surface area contributed by atoms with Crippen molar-refractivity contribution in [3.8, 4) is 0 Å². The van der Waals surface area contributed by atoms with Crippen molar-refractivity contribution < 1.29 is 27.5 Å². The quantitative estimate of drug-likeness (QED) is 0.585. The van der Waals surface area contributed by atoms with Crippen LogP contribution in [0.4, 0.5) is 5.69 Å². The molecule has 11 heteroatoms. The highest BCUT2D eigenvalue weighted by atomic mass is 32.2. The molecule has 0 aromatic heterocycles. The van der Waals surface area contributed by atoms with E-state index in [0.29, 0.717) is 18.7 Å². The van der Waals surface area contributed by atoms with Gasteiger partial charge in [-0.1, -0.05) is 19.9 Å². The fraction of sp³-hybridized carbons (Fsp3) is 0.474. The Labute approximate surface area is 175 Å². The van der Waals surface area contributed by atoms with Crippen LogP contribution in [0, 0.1) is 6.92 Å². The number of ether oxygens (including phenoxy) is 1. The molecular formula is C19H26N4O6S. The molecule has 0 saturated heterocycles. The molecule has 1 aromatic carbocycles. The fourth-order valence-electron chi connectivity index (χ4n) is 2.81. The number of benzene rings is 1. The number of sulfonamides is 1. The summed E-state index contributed by atoms with van der Waals surface area (Å²) < 4.78 is 32.1. The Bertz CT molecular complexity index is 969. The highest BCUT2D eigenvalue weighted by Crippen LogP contribution is 2.24. The lowest BCUT2D eigenvalue weighted by Crippen LogP contribution is -2.35. The van der Waals surface area contributed by atoms with Crippen LogP contribution in [-0.4, -0.2) is 55.4 Å². The Hall–Kier alpha value is -2.79. The number of esters is 1. The maximum atomic E-state index is 12.8. The Kier molecular flexibility index (Phi) is 7.68. The molecule has 1 heterocycles. The molecule has 0 bridgehead atoms. The van der Waals surface area contributed by atoms with Crippen molar-refractivity contribution in [1.82, 2.24) is 9.73 Å². The summed E-state index contributed by atoms with van der Waals surface area (Å²) in [5.74, 6) is -1.72. The van der Waals surface area contributed by atoms with Crippen molar-refractivity contribution in [3.63, 3.8) is 0 Å². The van der Waals surface area contributed by atoms with Gasteiger partial charge in [-0.15, -0.1) is 0 Å². The zero-order valence-corrected chi connectivity index (χ0v) is 18.2. The summed E-state index contributed by atoms with van der Waals surface area (Å²) >= 11 is 0. The van der Waals surface area contributed by atoms with Crippen molar-refractivity contribution in [2.75, 3.05) is 18.4 Å². The molecule has 164 valence electrons. The molecule has 0 radical (unpaired) electrons. The molecule has 1 aromatic rings. The molecule has 0 unspecified atom stereocenters. The normalized spacial score (nSPS) is 15.2. The number of rotatable bonds is 8. The molecule has 1 aliphatic heterocycles. The average molecular weight is 439 g/mol. The summed E-state index contributed by atoms with van der Waals surface area (Å²) in [7, 11) is -3.70. The molecule has 2 rings (SSSR count). The van der Waals surface area contributed by atoms with Gasteiger partial charge in [0.2, 0.25) is 15.9 Å². The number of amides is 2. The molecule has 0 fully saturated rings. The van der Waals surface area contributed by atoms with Crippen LogP contribution in [0.25, 0.3) is 0 Å². The number of nitrogens with zero attached hydrogens (tertiary/aromatic N) is 2. The molecule has 0 spiro atoms. The second-order valence-corrected chi connectivity index (χ2v) is 8.61. The van der Waals surface area contributed by atoms with E-state index < -0.39 is 28.0 Å². The molecule has 0 saturated carbocycles. The van der Waals surface area contributed by atoms with Crippen LogP contribution < -0.4 is 10.7 Å². The van der Waals surface area contributed by atoms with E-state index in [1.165, 1.54) is 17.3 Å². The van der Waals surface area contributed by atoms with Crippen LogP contribution in [0.2, 0.25) is 0 Å². The van der Waals surface area contributed by atoms with Gasteiger partial charge in [-0.3, -0.25) is 9.59 Å². The van der Waals surface area contributed by atoms with Crippen LogP contribution in [-0.2, 0) is 29.1 Å². The molecule has 30 heavy (non-hydrogen) atoms. The standard InChI is InChI=1S/C19H26N4O6S/c1-5-23(6-2)30(27,28)16-11-14(8-7-12(16)3)20-18(25)13(4)29-19(26)15-9-10-17(24)22-21-15/h7-8,11,13H,5-6,9-10H2,1-4H3,(H,20,25)(H,22,24)/t13-/m0/s1. The predicted molar refractivity (Wildman–Crippen MR) is 110 cm³/mol. The smallest absolute Gasteiger partial charge is 0.355 e. The lowest BCUT2D eigenvalue weighted by molar-refractivity contribution is -0.146. The largest absolute Gasteiger partial charge is 0.448 e.